The van der Waals surface area contributed by atoms with Crippen LogP contribution in [0.25, 0.3) is 47.0 Å². The molecule has 2 heterocycles. The number of benzene rings is 3. The lowest BCUT2D eigenvalue weighted by Crippen LogP contribution is -2.30. The van der Waals surface area contributed by atoms with Gasteiger partial charge in [-0.1, -0.05) is 57.2 Å². The number of rotatable bonds is 1. The first-order valence-electron chi connectivity index (χ1n) is 11.0. The molecule has 2 nitrogen and oxygen atoms in total. The Bertz CT molecular complexity index is 1590. The third kappa shape index (κ3) is 2.94. The maximum Gasteiger partial charge on any atom is 0.230 e. The highest BCUT2D eigenvalue weighted by molar-refractivity contribution is 7.26. The Morgan fingerprint density at radius 1 is 0.844 bits per heavy atom. The minimum absolute atomic E-state index is 0.0375. The number of thiophene rings is 1. The molecule has 5 rings (SSSR count). The van der Waals surface area contributed by atoms with Crippen LogP contribution < -0.4 is 4.57 Å². The maximum absolute atomic E-state index is 7.52. The van der Waals surface area contributed by atoms with E-state index < -0.39 is 0 Å². The van der Waals surface area contributed by atoms with Crippen LogP contribution in [0, 0.1) is 20.4 Å². The first kappa shape index (κ1) is 20.7. The van der Waals surface area contributed by atoms with Crippen molar-refractivity contribution >= 4 is 48.0 Å². The molecule has 32 heavy (non-hydrogen) atoms. The van der Waals surface area contributed by atoms with Crippen LogP contribution >= 0.6 is 11.3 Å². The van der Waals surface area contributed by atoms with Crippen molar-refractivity contribution in [3.63, 3.8) is 0 Å². The predicted octanol–water partition coefficient (Wildman–Crippen LogP) is 8.16. The van der Waals surface area contributed by atoms with Crippen LogP contribution in [0.1, 0.15) is 37.5 Å². The summed E-state index contributed by atoms with van der Waals surface area (Å²) in [5.41, 5.74) is 7.09. The first-order valence-corrected chi connectivity index (χ1v) is 11.8. The molecule has 0 spiro atoms. The van der Waals surface area contributed by atoms with Crippen molar-refractivity contribution in [1.29, 1.82) is 0 Å². The van der Waals surface area contributed by atoms with Crippen molar-refractivity contribution in [2.45, 2.75) is 40.0 Å². The molecule has 0 N–H and O–H groups in total. The number of nitrogens with zero attached hydrogens (tertiary/aromatic N) is 2. The van der Waals surface area contributed by atoms with Crippen LogP contribution in [0.5, 0.6) is 0 Å². The summed E-state index contributed by atoms with van der Waals surface area (Å²) < 4.78 is 4.76. The monoisotopic (exact) mass is 435 g/mol. The summed E-state index contributed by atoms with van der Waals surface area (Å²) in [6.45, 7) is 18.7. The molecule has 0 aliphatic rings. The van der Waals surface area contributed by atoms with Gasteiger partial charge in [0.25, 0.3) is 0 Å². The van der Waals surface area contributed by atoms with Crippen LogP contribution in [0.15, 0.2) is 54.7 Å². The molecule has 0 radical (unpaired) electrons. The highest BCUT2D eigenvalue weighted by atomic mass is 32.1. The second-order valence-electron chi connectivity index (χ2n) is 9.71. The first-order chi connectivity index (χ1) is 15.2. The third-order valence-electron chi connectivity index (χ3n) is 6.65. The molecule has 0 atom stereocenters. The Balaban J connectivity index is 1.95. The fourth-order valence-electron chi connectivity index (χ4n) is 4.89. The number of aryl methyl sites for hydroxylation is 3. The molecule has 0 unspecified atom stereocenters. The molecule has 158 valence electrons. The lowest BCUT2D eigenvalue weighted by atomic mass is 9.80. The summed E-state index contributed by atoms with van der Waals surface area (Å²) in [5.74, 6) is 0. The highest BCUT2D eigenvalue weighted by Gasteiger charge is 2.26. The van der Waals surface area contributed by atoms with E-state index in [4.69, 9.17) is 6.57 Å². The van der Waals surface area contributed by atoms with Gasteiger partial charge in [0.2, 0.25) is 5.69 Å². The standard InChI is InChI=1S/C29H27N2S/c1-17-19-10-8-9-11-20(19)24(29(3,4)5)16-23(17)26-28-22(14-15-31(26)7)21-12-13-25(30-6)18(2)27(21)32-28/h8-16H,1-5,7H3/q+1. The largest absolute Gasteiger partial charge is 0.238 e. The van der Waals surface area contributed by atoms with E-state index in [1.807, 2.05) is 17.4 Å². The van der Waals surface area contributed by atoms with Gasteiger partial charge in [0, 0.05) is 16.2 Å². The van der Waals surface area contributed by atoms with Gasteiger partial charge in [-0.2, -0.15) is 4.57 Å². The normalized spacial score (nSPS) is 12.0. The maximum atomic E-state index is 7.52. The van der Waals surface area contributed by atoms with Crippen molar-refractivity contribution in [2.75, 3.05) is 0 Å². The fourth-order valence-corrected chi connectivity index (χ4v) is 6.28. The Morgan fingerprint density at radius 3 is 2.22 bits per heavy atom. The van der Waals surface area contributed by atoms with Crippen molar-refractivity contribution < 1.29 is 4.57 Å². The number of pyridine rings is 1. The summed E-state index contributed by atoms with van der Waals surface area (Å²) in [6.07, 6.45) is 2.17. The Morgan fingerprint density at radius 2 is 1.53 bits per heavy atom. The minimum atomic E-state index is 0.0375. The van der Waals surface area contributed by atoms with Crippen molar-refractivity contribution in [1.82, 2.24) is 0 Å². The molecule has 5 aromatic rings. The van der Waals surface area contributed by atoms with Gasteiger partial charge >= 0.3 is 0 Å². The smallest absolute Gasteiger partial charge is 0.230 e. The van der Waals surface area contributed by atoms with E-state index in [9.17, 15) is 0 Å². The molecular formula is C29H27N2S+. The van der Waals surface area contributed by atoms with E-state index in [0.29, 0.717) is 0 Å². The third-order valence-corrected chi connectivity index (χ3v) is 7.99. The van der Waals surface area contributed by atoms with E-state index in [1.165, 1.54) is 53.3 Å². The summed E-state index contributed by atoms with van der Waals surface area (Å²) in [4.78, 5) is 3.73. The fraction of sp³-hybridized carbons (Fsp3) is 0.241. The predicted molar refractivity (Wildman–Crippen MR) is 138 cm³/mol. The Kier molecular flexibility index (Phi) is 4.62. The van der Waals surface area contributed by atoms with Crippen LogP contribution in [-0.2, 0) is 12.5 Å². The molecule has 3 heteroatoms. The van der Waals surface area contributed by atoms with Gasteiger partial charge in [-0.3, -0.25) is 0 Å². The van der Waals surface area contributed by atoms with E-state index in [2.05, 4.69) is 99.7 Å². The van der Waals surface area contributed by atoms with Gasteiger partial charge in [0.1, 0.15) is 11.7 Å². The van der Waals surface area contributed by atoms with Gasteiger partial charge in [0.15, 0.2) is 11.9 Å². The van der Waals surface area contributed by atoms with Crippen molar-refractivity contribution in [3.8, 4) is 11.3 Å². The summed E-state index contributed by atoms with van der Waals surface area (Å²) in [5, 5.41) is 5.17. The molecular weight excluding hydrogens is 408 g/mol. The highest BCUT2D eigenvalue weighted by Crippen LogP contribution is 2.44. The molecule has 3 aromatic carbocycles. The zero-order valence-electron chi connectivity index (χ0n) is 19.5. The topological polar surface area (TPSA) is 8.24 Å². The molecule has 0 amide bonds. The lowest BCUT2D eigenvalue weighted by Gasteiger charge is -2.24. The quantitative estimate of drug-likeness (QED) is 0.185. The molecule has 2 aromatic heterocycles. The van der Waals surface area contributed by atoms with E-state index in [1.54, 1.807) is 0 Å². The van der Waals surface area contributed by atoms with Gasteiger partial charge < -0.3 is 0 Å². The zero-order chi connectivity index (χ0) is 22.8. The molecule has 0 fully saturated rings. The molecule has 0 bridgehead atoms. The Labute approximate surface area is 193 Å². The van der Waals surface area contributed by atoms with E-state index >= 15 is 0 Å². The number of hydrogen-bond acceptors (Lipinski definition) is 1. The SMILES string of the molecule is [C-]#[N+]c1ccc2c(sc3c(-c4cc(C(C)(C)C)c5ccccc5c4C)[n+](C)ccc32)c1C. The zero-order valence-corrected chi connectivity index (χ0v) is 20.3. The van der Waals surface area contributed by atoms with Crippen LogP contribution in [0.3, 0.4) is 0 Å². The Hall–Kier alpha value is -3.22. The van der Waals surface area contributed by atoms with Crippen LogP contribution in [0.2, 0.25) is 0 Å². The molecule has 0 saturated heterocycles. The minimum Gasteiger partial charge on any atom is -0.238 e. The van der Waals surface area contributed by atoms with Gasteiger partial charge in [-0.25, -0.2) is 4.85 Å². The molecule has 0 saturated carbocycles. The van der Waals surface area contributed by atoms with E-state index in [-0.39, 0.29) is 5.41 Å². The van der Waals surface area contributed by atoms with Gasteiger partial charge in [-0.05, 0) is 58.2 Å². The van der Waals surface area contributed by atoms with Crippen molar-refractivity contribution in [3.05, 3.63) is 82.8 Å². The van der Waals surface area contributed by atoms with E-state index in [0.717, 1.165) is 11.3 Å². The van der Waals surface area contributed by atoms with Crippen LogP contribution in [-0.4, -0.2) is 0 Å². The van der Waals surface area contributed by atoms with Gasteiger partial charge in [-0.15, -0.1) is 11.3 Å². The number of aromatic nitrogens is 1. The second kappa shape index (κ2) is 7.15. The van der Waals surface area contributed by atoms with Crippen LogP contribution in [0.4, 0.5) is 5.69 Å². The number of hydrogen-bond donors (Lipinski definition) is 0. The number of fused-ring (bicyclic) bond motifs is 4. The van der Waals surface area contributed by atoms with Gasteiger partial charge in [0.05, 0.1) is 12.1 Å². The molecule has 0 aliphatic heterocycles. The van der Waals surface area contributed by atoms with Crippen molar-refractivity contribution in [2.24, 2.45) is 7.05 Å². The average molecular weight is 436 g/mol. The average Bonchev–Trinajstić information content (AvgIpc) is 3.14. The summed E-state index contributed by atoms with van der Waals surface area (Å²) in [6, 6.07) is 17.5. The summed E-state index contributed by atoms with van der Waals surface area (Å²) in [7, 11) is 2.14. The summed E-state index contributed by atoms with van der Waals surface area (Å²) >= 11 is 1.82. The molecule has 0 aliphatic carbocycles. The second-order valence-corrected chi connectivity index (χ2v) is 10.7. The lowest BCUT2D eigenvalue weighted by molar-refractivity contribution is -0.659.